The van der Waals surface area contributed by atoms with Gasteiger partial charge in [-0.15, -0.1) is 0 Å². The molecular weight excluding hydrogens is 464 g/mol. The summed E-state index contributed by atoms with van der Waals surface area (Å²) in [5.74, 6) is -0.863. The third-order valence-electron chi connectivity index (χ3n) is 7.29. The first-order valence-corrected chi connectivity index (χ1v) is 12.4. The van der Waals surface area contributed by atoms with E-state index in [1.165, 1.54) is 4.90 Å². The van der Waals surface area contributed by atoms with Crippen LogP contribution in [-0.2, 0) is 23.1 Å². The lowest BCUT2D eigenvalue weighted by atomic mass is 9.92. The number of hydrogen-bond acceptors (Lipinski definition) is 4. The van der Waals surface area contributed by atoms with E-state index in [0.29, 0.717) is 17.0 Å². The zero-order valence-corrected chi connectivity index (χ0v) is 21.7. The van der Waals surface area contributed by atoms with Gasteiger partial charge in [0.2, 0.25) is 0 Å². The number of aryl methyl sites for hydroxylation is 4. The van der Waals surface area contributed by atoms with Crippen molar-refractivity contribution in [2.75, 3.05) is 12.0 Å². The molecular formula is C31H30N2O4. The fraction of sp³-hybridized carbons (Fsp3) is 0.226. The van der Waals surface area contributed by atoms with E-state index in [4.69, 9.17) is 4.74 Å². The van der Waals surface area contributed by atoms with Crippen molar-refractivity contribution >= 4 is 34.0 Å². The normalized spacial score (nSPS) is 17.1. The SMILES string of the molecule is CCc1ccc(N2C(=O)C(=O)/C(=C(/O)c3cc(C)c(OC)cc3C)C2c2cn(C)c3ccccc23)cc1. The average Bonchev–Trinajstić information content (AvgIpc) is 3.38. The fourth-order valence-corrected chi connectivity index (χ4v) is 5.29. The Labute approximate surface area is 216 Å². The van der Waals surface area contributed by atoms with Crippen molar-refractivity contribution in [2.45, 2.75) is 33.2 Å². The summed E-state index contributed by atoms with van der Waals surface area (Å²) in [6.45, 7) is 5.80. The molecule has 0 radical (unpaired) electrons. The van der Waals surface area contributed by atoms with Gasteiger partial charge < -0.3 is 14.4 Å². The first-order chi connectivity index (χ1) is 17.8. The molecule has 188 valence electrons. The Kier molecular flexibility index (Phi) is 6.12. The Morgan fingerprint density at radius 3 is 2.38 bits per heavy atom. The highest BCUT2D eigenvalue weighted by atomic mass is 16.5. The first-order valence-electron chi connectivity index (χ1n) is 12.4. The van der Waals surface area contributed by atoms with E-state index in [-0.39, 0.29) is 11.3 Å². The van der Waals surface area contributed by atoms with Gasteiger partial charge >= 0.3 is 0 Å². The van der Waals surface area contributed by atoms with Crippen molar-refractivity contribution in [1.82, 2.24) is 4.57 Å². The molecule has 2 heterocycles. The molecule has 6 nitrogen and oxygen atoms in total. The summed E-state index contributed by atoms with van der Waals surface area (Å²) >= 11 is 0. The minimum atomic E-state index is -0.791. The lowest BCUT2D eigenvalue weighted by Crippen LogP contribution is -2.29. The number of ether oxygens (including phenoxy) is 1. The summed E-state index contributed by atoms with van der Waals surface area (Å²) in [4.78, 5) is 28.7. The van der Waals surface area contributed by atoms with E-state index in [9.17, 15) is 14.7 Å². The summed E-state index contributed by atoms with van der Waals surface area (Å²) in [6, 6.07) is 18.4. The maximum atomic E-state index is 13.6. The highest BCUT2D eigenvalue weighted by Gasteiger charge is 2.48. The number of aromatic nitrogens is 1. The Balaban J connectivity index is 1.80. The number of benzene rings is 3. The molecule has 1 unspecified atom stereocenters. The van der Waals surface area contributed by atoms with Crippen molar-refractivity contribution in [1.29, 1.82) is 0 Å². The molecule has 6 heteroatoms. The van der Waals surface area contributed by atoms with Crippen molar-refractivity contribution in [3.63, 3.8) is 0 Å². The van der Waals surface area contributed by atoms with Crippen LogP contribution < -0.4 is 9.64 Å². The number of ketones is 1. The summed E-state index contributed by atoms with van der Waals surface area (Å²) < 4.78 is 7.41. The molecule has 0 saturated carbocycles. The van der Waals surface area contributed by atoms with E-state index in [0.717, 1.165) is 39.6 Å². The third kappa shape index (κ3) is 3.89. The second-order valence-corrected chi connectivity index (χ2v) is 9.54. The van der Waals surface area contributed by atoms with Crippen LogP contribution in [0.4, 0.5) is 5.69 Å². The van der Waals surface area contributed by atoms with Crippen LogP contribution in [0.3, 0.4) is 0 Å². The Morgan fingerprint density at radius 2 is 1.70 bits per heavy atom. The molecule has 4 aromatic rings. The summed E-state index contributed by atoms with van der Waals surface area (Å²) in [5.41, 5.74) is 5.64. The van der Waals surface area contributed by atoms with E-state index in [1.807, 2.05) is 86.3 Å². The smallest absolute Gasteiger partial charge is 0.300 e. The van der Waals surface area contributed by atoms with Gasteiger partial charge in [-0.2, -0.15) is 0 Å². The highest BCUT2D eigenvalue weighted by molar-refractivity contribution is 6.52. The number of hydrogen-bond donors (Lipinski definition) is 1. The van der Waals surface area contributed by atoms with Crippen LogP contribution in [0.2, 0.25) is 0 Å². The predicted molar refractivity (Wildman–Crippen MR) is 146 cm³/mol. The van der Waals surface area contributed by atoms with E-state index in [1.54, 1.807) is 13.2 Å². The van der Waals surface area contributed by atoms with Crippen LogP contribution in [0.5, 0.6) is 5.75 Å². The van der Waals surface area contributed by atoms with Gasteiger partial charge in [-0.3, -0.25) is 14.5 Å². The zero-order chi connectivity index (χ0) is 26.4. The molecule has 1 amide bonds. The monoisotopic (exact) mass is 494 g/mol. The van der Waals surface area contributed by atoms with Crippen LogP contribution in [0.25, 0.3) is 16.7 Å². The van der Waals surface area contributed by atoms with Gasteiger partial charge in [-0.25, -0.2) is 0 Å². The number of amides is 1. The number of methoxy groups -OCH3 is 1. The molecule has 1 N–H and O–H groups in total. The fourth-order valence-electron chi connectivity index (χ4n) is 5.29. The van der Waals surface area contributed by atoms with E-state index in [2.05, 4.69) is 6.92 Å². The molecule has 1 aliphatic heterocycles. The molecule has 37 heavy (non-hydrogen) atoms. The third-order valence-corrected chi connectivity index (χ3v) is 7.29. The number of carbonyl (C=O) groups excluding carboxylic acids is 2. The minimum absolute atomic E-state index is 0.0774. The van der Waals surface area contributed by atoms with Gasteiger partial charge in [0.1, 0.15) is 11.5 Å². The Hall–Kier alpha value is -4.32. The molecule has 1 aromatic heterocycles. The van der Waals surface area contributed by atoms with Crippen molar-refractivity contribution in [3.05, 3.63) is 100 Å². The largest absolute Gasteiger partial charge is 0.507 e. The van der Waals surface area contributed by atoms with Gasteiger partial charge in [0.25, 0.3) is 11.7 Å². The van der Waals surface area contributed by atoms with Crippen LogP contribution in [-0.4, -0.2) is 28.5 Å². The maximum absolute atomic E-state index is 13.6. The molecule has 1 aliphatic rings. The molecule has 0 spiro atoms. The second kappa shape index (κ2) is 9.28. The quantitative estimate of drug-likeness (QED) is 0.210. The number of aliphatic hydroxyl groups is 1. The lowest BCUT2D eigenvalue weighted by molar-refractivity contribution is -0.132. The average molecular weight is 495 g/mol. The molecule has 1 atom stereocenters. The van der Waals surface area contributed by atoms with Gasteiger partial charge in [0.05, 0.1) is 18.7 Å². The van der Waals surface area contributed by atoms with E-state index < -0.39 is 17.7 Å². The Bertz CT molecular complexity index is 1580. The van der Waals surface area contributed by atoms with Crippen LogP contribution in [0, 0.1) is 13.8 Å². The summed E-state index contributed by atoms with van der Waals surface area (Å²) in [5, 5.41) is 12.6. The van der Waals surface area contributed by atoms with Crippen LogP contribution in [0.1, 0.15) is 40.8 Å². The number of fused-ring (bicyclic) bond motifs is 1. The van der Waals surface area contributed by atoms with Crippen molar-refractivity contribution in [3.8, 4) is 5.75 Å². The van der Waals surface area contributed by atoms with Crippen molar-refractivity contribution < 1.29 is 19.4 Å². The Morgan fingerprint density at radius 1 is 1.00 bits per heavy atom. The first kappa shape index (κ1) is 24.4. The van der Waals surface area contributed by atoms with Gasteiger partial charge in [0.15, 0.2) is 0 Å². The molecule has 5 rings (SSSR count). The minimum Gasteiger partial charge on any atom is -0.507 e. The molecule has 1 fully saturated rings. The highest BCUT2D eigenvalue weighted by Crippen LogP contribution is 2.45. The molecule has 1 saturated heterocycles. The van der Waals surface area contributed by atoms with Crippen LogP contribution in [0.15, 0.2) is 72.4 Å². The predicted octanol–water partition coefficient (Wildman–Crippen LogP) is 5.99. The number of anilines is 1. The lowest BCUT2D eigenvalue weighted by Gasteiger charge is -2.25. The number of Topliss-reactive ketones (excluding diaryl/α,β-unsaturated/α-hetero) is 1. The van der Waals surface area contributed by atoms with Gasteiger partial charge in [-0.1, -0.05) is 37.3 Å². The number of nitrogens with zero attached hydrogens (tertiary/aromatic N) is 2. The number of para-hydroxylation sites is 1. The van der Waals surface area contributed by atoms with Gasteiger partial charge in [-0.05, 0) is 67.3 Å². The number of rotatable bonds is 5. The second-order valence-electron chi connectivity index (χ2n) is 9.54. The summed E-state index contributed by atoms with van der Waals surface area (Å²) in [7, 11) is 3.53. The van der Waals surface area contributed by atoms with Crippen molar-refractivity contribution in [2.24, 2.45) is 7.05 Å². The topological polar surface area (TPSA) is 71.8 Å². The van der Waals surface area contributed by atoms with Crippen LogP contribution >= 0.6 is 0 Å². The van der Waals surface area contributed by atoms with E-state index >= 15 is 0 Å². The van der Waals surface area contributed by atoms with Gasteiger partial charge in [0, 0.05) is 41.0 Å². The number of carbonyl (C=O) groups is 2. The zero-order valence-electron chi connectivity index (χ0n) is 21.7. The maximum Gasteiger partial charge on any atom is 0.300 e. The molecule has 3 aromatic carbocycles. The molecule has 0 aliphatic carbocycles. The number of aliphatic hydroxyl groups excluding tert-OH is 1. The summed E-state index contributed by atoms with van der Waals surface area (Å²) in [6.07, 6.45) is 2.80. The molecule has 0 bridgehead atoms. The standard InChI is InChI=1S/C31H30N2O4/c1-6-20-11-13-21(14-12-20)33-28(24-17-32(4)25-10-8-7-9-22(24)25)27(30(35)31(33)36)29(34)23-15-19(3)26(37-5)16-18(23)2/h7-17,28,34H,6H2,1-5H3/b29-27+.